The van der Waals surface area contributed by atoms with Crippen molar-refractivity contribution in [3.05, 3.63) is 29.6 Å². The van der Waals surface area contributed by atoms with Crippen LogP contribution < -0.4 is 4.74 Å². The van der Waals surface area contributed by atoms with Crippen molar-refractivity contribution in [1.29, 1.82) is 0 Å². The Morgan fingerprint density at radius 2 is 1.90 bits per heavy atom. The van der Waals surface area contributed by atoms with Crippen LogP contribution in [0.5, 0.6) is 5.75 Å². The molecule has 0 aromatic heterocycles. The van der Waals surface area contributed by atoms with Crippen molar-refractivity contribution in [2.45, 2.75) is 64.6 Å². The molecule has 1 heterocycles. The zero-order chi connectivity index (χ0) is 15.3. The fourth-order valence-corrected chi connectivity index (χ4v) is 3.93. The molecule has 2 aliphatic rings. The zero-order valence-electron chi connectivity index (χ0n) is 13.2. The van der Waals surface area contributed by atoms with E-state index in [1.165, 1.54) is 12.1 Å². The van der Waals surface area contributed by atoms with Crippen LogP contribution >= 0.6 is 0 Å². The Morgan fingerprint density at radius 3 is 2.52 bits per heavy atom. The lowest BCUT2D eigenvalue weighted by atomic mass is 9.66. The molecule has 1 spiro atoms. The van der Waals surface area contributed by atoms with Crippen molar-refractivity contribution >= 4 is 0 Å². The number of ether oxygens (including phenoxy) is 1. The van der Waals surface area contributed by atoms with Gasteiger partial charge < -0.3 is 9.84 Å². The van der Waals surface area contributed by atoms with Crippen LogP contribution in [-0.2, 0) is 0 Å². The van der Waals surface area contributed by atoms with E-state index in [1.807, 2.05) is 0 Å². The van der Waals surface area contributed by atoms with Crippen LogP contribution in [-0.4, -0.2) is 10.7 Å². The number of hydrogen-bond acceptors (Lipinski definition) is 2. The van der Waals surface area contributed by atoms with Gasteiger partial charge in [0.05, 0.1) is 6.10 Å². The highest BCUT2D eigenvalue weighted by Crippen LogP contribution is 2.49. The first-order valence-electron chi connectivity index (χ1n) is 7.96. The van der Waals surface area contributed by atoms with Gasteiger partial charge in [0.15, 0.2) is 0 Å². The molecule has 1 N–H and O–H groups in total. The van der Waals surface area contributed by atoms with Gasteiger partial charge in [0.1, 0.15) is 17.2 Å². The number of hydrogen-bond donors (Lipinski definition) is 1. The fraction of sp³-hybridized carbons (Fsp3) is 0.667. The summed E-state index contributed by atoms with van der Waals surface area (Å²) in [7, 11) is 0. The lowest BCUT2D eigenvalue weighted by molar-refractivity contribution is -0.0565. The van der Waals surface area contributed by atoms with Crippen LogP contribution in [0.1, 0.15) is 64.5 Å². The predicted molar refractivity (Wildman–Crippen MR) is 80.7 cm³/mol. The maximum Gasteiger partial charge on any atom is 0.126 e. The highest BCUT2D eigenvalue weighted by Gasteiger charge is 2.44. The molecule has 3 rings (SSSR count). The van der Waals surface area contributed by atoms with Crippen LogP contribution in [0.25, 0.3) is 0 Å². The first-order chi connectivity index (χ1) is 9.79. The monoisotopic (exact) mass is 292 g/mol. The number of halogens is 1. The minimum absolute atomic E-state index is 0.258. The standard InChI is InChI=1S/C18H25FO2/c1-17(2,3)12-6-8-18(9-7-12)11-15(20)14-10-13(19)4-5-16(14)21-18/h4-5,10,12,15,20H,6-9,11H2,1-3H3. The highest BCUT2D eigenvalue weighted by atomic mass is 19.1. The molecule has 1 aromatic carbocycles. The highest BCUT2D eigenvalue weighted by molar-refractivity contribution is 5.38. The van der Waals surface area contributed by atoms with Gasteiger partial charge in [0.2, 0.25) is 0 Å². The van der Waals surface area contributed by atoms with Crippen molar-refractivity contribution in [2.24, 2.45) is 11.3 Å². The van der Waals surface area contributed by atoms with E-state index >= 15 is 0 Å². The molecule has 1 aliphatic heterocycles. The molecule has 1 unspecified atom stereocenters. The zero-order valence-corrected chi connectivity index (χ0v) is 13.2. The average Bonchev–Trinajstić information content (AvgIpc) is 2.39. The van der Waals surface area contributed by atoms with E-state index < -0.39 is 6.10 Å². The molecule has 0 saturated heterocycles. The molecule has 3 heteroatoms. The van der Waals surface area contributed by atoms with E-state index in [4.69, 9.17) is 4.74 Å². The van der Waals surface area contributed by atoms with Gasteiger partial charge >= 0.3 is 0 Å². The van der Waals surface area contributed by atoms with Gasteiger partial charge in [-0.1, -0.05) is 20.8 Å². The first kappa shape index (κ1) is 14.8. The Hall–Kier alpha value is -1.09. The Balaban J connectivity index is 1.79. The second kappa shape index (κ2) is 4.98. The quantitative estimate of drug-likeness (QED) is 0.756. The number of benzene rings is 1. The molecule has 1 fully saturated rings. The van der Waals surface area contributed by atoms with Crippen LogP contribution in [0.4, 0.5) is 4.39 Å². The largest absolute Gasteiger partial charge is 0.487 e. The fourth-order valence-electron chi connectivity index (χ4n) is 3.93. The lowest BCUT2D eigenvalue weighted by Gasteiger charge is -2.47. The number of fused-ring (bicyclic) bond motifs is 1. The average molecular weight is 292 g/mol. The Kier molecular flexibility index (Phi) is 3.52. The molecule has 1 atom stereocenters. The van der Waals surface area contributed by atoms with Gasteiger partial charge in [0.25, 0.3) is 0 Å². The van der Waals surface area contributed by atoms with Crippen molar-refractivity contribution < 1.29 is 14.2 Å². The van der Waals surface area contributed by atoms with E-state index in [0.29, 0.717) is 29.1 Å². The molecule has 0 amide bonds. The number of rotatable bonds is 0. The van der Waals surface area contributed by atoms with Crippen molar-refractivity contribution in [2.75, 3.05) is 0 Å². The van der Waals surface area contributed by atoms with E-state index in [9.17, 15) is 9.50 Å². The summed E-state index contributed by atoms with van der Waals surface area (Å²) in [5, 5.41) is 10.4. The van der Waals surface area contributed by atoms with Gasteiger partial charge in [-0.15, -0.1) is 0 Å². The molecular weight excluding hydrogens is 267 g/mol. The first-order valence-corrected chi connectivity index (χ1v) is 7.96. The summed E-state index contributed by atoms with van der Waals surface area (Å²) in [5.74, 6) is 1.05. The molecule has 0 bridgehead atoms. The maximum absolute atomic E-state index is 13.3. The van der Waals surface area contributed by atoms with Crippen LogP contribution in [0.3, 0.4) is 0 Å². The number of aliphatic hydroxyl groups is 1. The van der Waals surface area contributed by atoms with Gasteiger partial charge in [-0.25, -0.2) is 4.39 Å². The van der Waals surface area contributed by atoms with Gasteiger partial charge in [-0.05, 0) is 55.2 Å². The lowest BCUT2D eigenvalue weighted by Crippen LogP contribution is -2.45. The van der Waals surface area contributed by atoms with Crippen LogP contribution in [0.15, 0.2) is 18.2 Å². The summed E-state index contributed by atoms with van der Waals surface area (Å²) < 4.78 is 19.5. The van der Waals surface area contributed by atoms with E-state index in [-0.39, 0.29) is 11.4 Å². The SMILES string of the molecule is CC(C)(C)C1CCC2(CC1)CC(O)c1cc(F)ccc1O2. The van der Waals surface area contributed by atoms with Crippen molar-refractivity contribution in [3.63, 3.8) is 0 Å². The Bertz CT molecular complexity index is 525. The summed E-state index contributed by atoms with van der Waals surface area (Å²) in [5.41, 5.74) is 0.667. The summed E-state index contributed by atoms with van der Waals surface area (Å²) in [6.07, 6.45) is 4.18. The molecule has 2 nitrogen and oxygen atoms in total. The third-order valence-corrected chi connectivity index (χ3v) is 5.34. The molecule has 21 heavy (non-hydrogen) atoms. The molecule has 1 aliphatic carbocycles. The van der Waals surface area contributed by atoms with Crippen LogP contribution in [0.2, 0.25) is 0 Å². The Morgan fingerprint density at radius 1 is 1.24 bits per heavy atom. The van der Waals surface area contributed by atoms with E-state index in [2.05, 4.69) is 20.8 Å². The third kappa shape index (κ3) is 2.80. The third-order valence-electron chi connectivity index (χ3n) is 5.34. The van der Waals surface area contributed by atoms with E-state index in [1.54, 1.807) is 6.07 Å². The van der Waals surface area contributed by atoms with Crippen LogP contribution in [0, 0.1) is 17.2 Å². The summed E-state index contributed by atoms with van der Waals surface area (Å²) in [6, 6.07) is 4.46. The van der Waals surface area contributed by atoms with Crippen molar-refractivity contribution in [3.8, 4) is 5.75 Å². The topological polar surface area (TPSA) is 29.5 Å². The smallest absolute Gasteiger partial charge is 0.126 e. The number of aliphatic hydroxyl groups excluding tert-OH is 1. The molecule has 0 radical (unpaired) electrons. The molecule has 1 aromatic rings. The summed E-state index contributed by atoms with van der Waals surface area (Å²) >= 11 is 0. The van der Waals surface area contributed by atoms with Gasteiger partial charge in [-0.3, -0.25) is 0 Å². The molecule has 116 valence electrons. The van der Waals surface area contributed by atoms with Gasteiger partial charge in [-0.2, -0.15) is 0 Å². The maximum atomic E-state index is 13.3. The minimum atomic E-state index is -0.615. The van der Waals surface area contributed by atoms with Crippen molar-refractivity contribution in [1.82, 2.24) is 0 Å². The molecular formula is C18H25FO2. The second-order valence-electron chi connectivity index (χ2n) is 7.83. The molecule has 1 saturated carbocycles. The second-order valence-corrected chi connectivity index (χ2v) is 7.83. The van der Waals surface area contributed by atoms with Gasteiger partial charge in [0, 0.05) is 12.0 Å². The normalized spacial score (nSPS) is 32.6. The predicted octanol–water partition coefficient (Wildman–Crippen LogP) is 4.62. The van der Waals surface area contributed by atoms with E-state index in [0.717, 1.165) is 25.7 Å². The summed E-state index contributed by atoms with van der Waals surface area (Å²) in [4.78, 5) is 0. The minimum Gasteiger partial charge on any atom is -0.487 e. The summed E-state index contributed by atoms with van der Waals surface area (Å²) in [6.45, 7) is 6.89. The Labute approximate surface area is 126 Å².